The van der Waals surface area contributed by atoms with Crippen molar-refractivity contribution < 1.29 is 14.6 Å². The normalized spacial score (nSPS) is 15.5. The van der Waals surface area contributed by atoms with Crippen LogP contribution in [0, 0.1) is 0 Å². The predicted molar refractivity (Wildman–Crippen MR) is 117 cm³/mol. The molecule has 0 saturated carbocycles. The molecule has 1 N–H and O–H groups in total. The van der Waals surface area contributed by atoms with Crippen LogP contribution >= 0.6 is 22.9 Å². The fourth-order valence-electron chi connectivity index (χ4n) is 4.06. The molecule has 6 heteroatoms. The zero-order valence-electron chi connectivity index (χ0n) is 16.1. The van der Waals surface area contributed by atoms with E-state index in [2.05, 4.69) is 29.4 Å². The molecule has 1 aliphatic carbocycles. The fraction of sp³-hybridized carbons (Fsp3) is 0.217. The number of hydrogen-bond donors (Lipinski definition) is 1. The Kier molecular flexibility index (Phi) is 5.43. The lowest BCUT2D eigenvalue weighted by Gasteiger charge is -2.15. The second-order valence-electron chi connectivity index (χ2n) is 6.94. The molecule has 1 atom stereocenters. The first kappa shape index (κ1) is 19.7. The molecule has 0 spiro atoms. The number of benzene rings is 1. The van der Waals surface area contributed by atoms with Crippen LogP contribution in [-0.2, 0) is 6.42 Å². The number of aromatic carboxylic acids is 1. The lowest BCUT2D eigenvalue weighted by molar-refractivity contribution is 0.0690. The number of ether oxygens (including phenoxy) is 1. The molecular weight excluding hydrogens is 406 g/mol. The van der Waals surface area contributed by atoms with E-state index in [-0.39, 0.29) is 11.6 Å². The van der Waals surface area contributed by atoms with Crippen LogP contribution in [0.2, 0.25) is 4.34 Å². The Bertz CT molecular complexity index is 1120. The molecule has 0 aliphatic heterocycles. The van der Waals surface area contributed by atoms with E-state index in [4.69, 9.17) is 16.3 Å². The summed E-state index contributed by atoms with van der Waals surface area (Å²) in [5, 5.41) is 11.4. The largest absolute Gasteiger partial charge is 0.497 e. The van der Waals surface area contributed by atoms with Crippen molar-refractivity contribution in [1.82, 2.24) is 4.98 Å². The summed E-state index contributed by atoms with van der Waals surface area (Å²) in [6.45, 7) is 2.17. The Labute approximate surface area is 178 Å². The highest BCUT2D eigenvalue weighted by atomic mass is 35.5. The number of hydrogen-bond acceptors (Lipinski definition) is 4. The Morgan fingerprint density at radius 2 is 2.10 bits per heavy atom. The first-order valence-electron chi connectivity index (χ1n) is 9.36. The van der Waals surface area contributed by atoms with E-state index in [0.717, 1.165) is 33.3 Å². The number of carboxylic acid groups (broad SMARTS) is 1. The molecule has 3 aromatic rings. The van der Waals surface area contributed by atoms with Crippen LogP contribution in [0.5, 0.6) is 5.75 Å². The molecule has 1 aliphatic rings. The molecule has 2 aromatic heterocycles. The van der Waals surface area contributed by atoms with Gasteiger partial charge in [0.1, 0.15) is 11.4 Å². The van der Waals surface area contributed by atoms with E-state index in [0.29, 0.717) is 6.42 Å². The van der Waals surface area contributed by atoms with Gasteiger partial charge in [-0.05, 0) is 70.0 Å². The number of allylic oxidation sites excluding steroid dienone is 2. The van der Waals surface area contributed by atoms with Crippen LogP contribution in [-0.4, -0.2) is 23.2 Å². The molecule has 0 fully saturated rings. The zero-order valence-corrected chi connectivity index (χ0v) is 17.7. The minimum Gasteiger partial charge on any atom is -0.497 e. The zero-order chi connectivity index (χ0) is 20.5. The number of carboxylic acids is 1. The summed E-state index contributed by atoms with van der Waals surface area (Å²) in [5.41, 5.74) is 6.71. The van der Waals surface area contributed by atoms with Gasteiger partial charge in [0.25, 0.3) is 0 Å². The Balaban J connectivity index is 1.87. The number of aromatic nitrogens is 1. The lowest BCUT2D eigenvalue weighted by atomic mass is 9.89. The number of nitrogens with zero attached hydrogens (tertiary/aromatic N) is 1. The third-order valence-electron chi connectivity index (χ3n) is 5.30. The highest BCUT2D eigenvalue weighted by Crippen LogP contribution is 2.51. The molecule has 0 bridgehead atoms. The smallest absolute Gasteiger partial charge is 0.354 e. The molecule has 148 valence electrons. The van der Waals surface area contributed by atoms with Gasteiger partial charge in [0.15, 0.2) is 0 Å². The van der Waals surface area contributed by atoms with E-state index in [1.807, 2.05) is 18.2 Å². The van der Waals surface area contributed by atoms with Gasteiger partial charge in [0.2, 0.25) is 0 Å². The van der Waals surface area contributed by atoms with Crippen LogP contribution < -0.4 is 4.74 Å². The molecule has 4 rings (SSSR count). The number of fused-ring (bicyclic) bond motifs is 1. The molecular formula is C23H20ClNO3S. The van der Waals surface area contributed by atoms with Crippen molar-refractivity contribution in [3.63, 3.8) is 0 Å². The number of thiophene rings is 1. The molecule has 4 nitrogen and oxygen atoms in total. The molecule has 0 amide bonds. The number of pyridine rings is 1. The first-order valence-corrected chi connectivity index (χ1v) is 10.6. The van der Waals surface area contributed by atoms with Crippen LogP contribution in [0.3, 0.4) is 0 Å². The van der Waals surface area contributed by atoms with Crippen LogP contribution in [0.25, 0.3) is 11.1 Å². The average Bonchev–Trinajstić information content (AvgIpc) is 3.28. The van der Waals surface area contributed by atoms with Gasteiger partial charge in [-0.2, -0.15) is 0 Å². The SMILES string of the molecule is CCC1C(c2csc(Cl)c2)=C(Cc2cccc(C(=O)O)n2)c2ccc(OC)cc21. The van der Waals surface area contributed by atoms with Crippen molar-refractivity contribution in [1.29, 1.82) is 0 Å². The molecule has 1 unspecified atom stereocenters. The number of halogens is 1. The van der Waals surface area contributed by atoms with Gasteiger partial charge >= 0.3 is 5.97 Å². The second kappa shape index (κ2) is 8.01. The summed E-state index contributed by atoms with van der Waals surface area (Å²) >= 11 is 7.77. The van der Waals surface area contributed by atoms with Crippen LogP contribution in [0.4, 0.5) is 0 Å². The fourth-order valence-corrected chi connectivity index (χ4v) is 4.94. The van der Waals surface area contributed by atoms with Crippen molar-refractivity contribution in [2.24, 2.45) is 0 Å². The maximum atomic E-state index is 11.3. The third kappa shape index (κ3) is 3.68. The summed E-state index contributed by atoms with van der Waals surface area (Å²) < 4.78 is 6.21. The molecule has 2 heterocycles. The topological polar surface area (TPSA) is 59.4 Å². The summed E-state index contributed by atoms with van der Waals surface area (Å²) in [5.74, 6) is 0.0363. The highest BCUT2D eigenvalue weighted by Gasteiger charge is 2.32. The number of rotatable bonds is 6. The second-order valence-corrected chi connectivity index (χ2v) is 8.48. The van der Waals surface area contributed by atoms with Gasteiger partial charge in [0.05, 0.1) is 11.4 Å². The van der Waals surface area contributed by atoms with Crippen LogP contribution in [0.15, 0.2) is 47.8 Å². The highest BCUT2D eigenvalue weighted by molar-refractivity contribution is 7.14. The molecule has 0 radical (unpaired) electrons. The van der Waals surface area contributed by atoms with E-state index in [1.54, 1.807) is 13.2 Å². The molecule has 0 saturated heterocycles. The predicted octanol–water partition coefficient (Wildman–Crippen LogP) is 6.16. The van der Waals surface area contributed by atoms with Gasteiger partial charge in [0, 0.05) is 18.0 Å². The van der Waals surface area contributed by atoms with Gasteiger partial charge in [-0.1, -0.05) is 30.7 Å². The molecule has 29 heavy (non-hydrogen) atoms. The lowest BCUT2D eigenvalue weighted by Crippen LogP contribution is -2.03. The average molecular weight is 426 g/mol. The van der Waals surface area contributed by atoms with Crippen molar-refractivity contribution in [3.05, 3.63) is 80.3 Å². The maximum Gasteiger partial charge on any atom is 0.354 e. The Morgan fingerprint density at radius 1 is 1.28 bits per heavy atom. The quantitative estimate of drug-likeness (QED) is 0.513. The van der Waals surface area contributed by atoms with E-state index >= 15 is 0 Å². The van der Waals surface area contributed by atoms with Crippen molar-refractivity contribution in [2.45, 2.75) is 25.7 Å². The summed E-state index contributed by atoms with van der Waals surface area (Å²) in [7, 11) is 1.67. The first-order chi connectivity index (χ1) is 14.0. The van der Waals surface area contributed by atoms with Gasteiger partial charge in [-0.3, -0.25) is 0 Å². The maximum absolute atomic E-state index is 11.3. The van der Waals surface area contributed by atoms with E-state index in [9.17, 15) is 9.90 Å². The Hall–Kier alpha value is -2.63. The van der Waals surface area contributed by atoms with Crippen molar-refractivity contribution in [2.75, 3.05) is 7.11 Å². The van der Waals surface area contributed by atoms with Gasteiger partial charge in [-0.15, -0.1) is 11.3 Å². The standard InChI is InChI=1S/C23H20ClNO3S/c1-3-16-18-11-15(28-2)7-8-17(18)19(22(16)13-9-21(24)29-12-13)10-14-5-4-6-20(25-14)23(26)27/h4-9,11-12,16H,3,10H2,1-2H3,(H,26,27). The van der Waals surface area contributed by atoms with Gasteiger partial charge in [-0.25, -0.2) is 9.78 Å². The summed E-state index contributed by atoms with van der Waals surface area (Å²) in [6, 6.07) is 13.3. The van der Waals surface area contributed by atoms with E-state index in [1.165, 1.54) is 34.1 Å². The van der Waals surface area contributed by atoms with Crippen molar-refractivity contribution in [3.8, 4) is 5.75 Å². The number of carbonyl (C=O) groups is 1. The molecule has 1 aromatic carbocycles. The van der Waals surface area contributed by atoms with E-state index < -0.39 is 5.97 Å². The van der Waals surface area contributed by atoms with Crippen LogP contribution in [0.1, 0.15) is 52.1 Å². The summed E-state index contributed by atoms with van der Waals surface area (Å²) in [4.78, 5) is 15.7. The van der Waals surface area contributed by atoms with Crippen molar-refractivity contribution >= 4 is 40.1 Å². The minimum atomic E-state index is -1.02. The monoisotopic (exact) mass is 425 g/mol. The number of methoxy groups -OCH3 is 1. The Morgan fingerprint density at radius 3 is 2.76 bits per heavy atom. The summed E-state index contributed by atoms with van der Waals surface area (Å²) in [6.07, 6.45) is 1.49. The third-order valence-corrected chi connectivity index (χ3v) is 6.39. The minimum absolute atomic E-state index is 0.0585. The van der Waals surface area contributed by atoms with Gasteiger partial charge < -0.3 is 9.84 Å².